The number of urea groups is 1. The van der Waals surface area contributed by atoms with Gasteiger partial charge in [0.15, 0.2) is 0 Å². The minimum atomic E-state index is -0.848. The monoisotopic (exact) mass is 393 g/mol. The second kappa shape index (κ2) is 7.16. The first-order chi connectivity index (χ1) is 13.9. The summed E-state index contributed by atoms with van der Waals surface area (Å²) in [6.07, 6.45) is 0. The van der Waals surface area contributed by atoms with Crippen molar-refractivity contribution in [2.75, 3.05) is 15.5 Å². The van der Waals surface area contributed by atoms with Crippen LogP contribution in [0.2, 0.25) is 0 Å². The smallest absolute Gasteiger partial charge is 0.308 e. The van der Waals surface area contributed by atoms with Gasteiger partial charge in [-0.3, -0.25) is 9.59 Å². The van der Waals surface area contributed by atoms with Gasteiger partial charge in [-0.15, -0.1) is 0 Å². The van der Waals surface area contributed by atoms with Crippen LogP contribution >= 0.6 is 0 Å². The molecule has 1 aliphatic rings. The quantitative estimate of drug-likeness (QED) is 0.647. The number of hydrogen-bond donors (Lipinski definition) is 2. The van der Waals surface area contributed by atoms with Gasteiger partial charge in [-0.1, -0.05) is 12.1 Å². The number of benzene rings is 3. The highest BCUT2D eigenvalue weighted by molar-refractivity contribution is 6.34. The highest BCUT2D eigenvalue weighted by Gasteiger charge is 2.37. The molecule has 8 heteroatoms. The van der Waals surface area contributed by atoms with E-state index in [1.54, 1.807) is 12.1 Å². The highest BCUT2D eigenvalue weighted by atomic mass is 19.1. The van der Waals surface area contributed by atoms with Crippen molar-refractivity contribution >= 4 is 34.9 Å². The summed E-state index contributed by atoms with van der Waals surface area (Å²) in [5.41, 5.74) is 0.672. The first-order valence-electron chi connectivity index (χ1n) is 8.55. The molecule has 3 aromatic rings. The van der Waals surface area contributed by atoms with Gasteiger partial charge in [0.2, 0.25) is 0 Å². The average Bonchev–Trinajstić information content (AvgIpc) is 2.95. The fourth-order valence-corrected chi connectivity index (χ4v) is 3.00. The Hall–Kier alpha value is -4.07. The zero-order valence-electron chi connectivity index (χ0n) is 14.8. The van der Waals surface area contributed by atoms with Gasteiger partial charge in [0.05, 0.1) is 16.8 Å². The molecule has 4 amide bonds. The maximum absolute atomic E-state index is 14.6. The van der Waals surface area contributed by atoms with Crippen LogP contribution in [0.25, 0.3) is 0 Å². The third-order valence-corrected chi connectivity index (χ3v) is 4.34. The molecule has 0 atom stereocenters. The normalized spacial score (nSPS) is 12.7. The van der Waals surface area contributed by atoms with Crippen molar-refractivity contribution in [1.82, 2.24) is 0 Å². The molecule has 4 rings (SSSR count). The molecule has 0 aliphatic carbocycles. The molecule has 0 saturated carbocycles. The lowest BCUT2D eigenvalue weighted by Gasteiger charge is -2.16. The van der Waals surface area contributed by atoms with Gasteiger partial charge in [-0.2, -0.15) is 0 Å². The first-order valence-corrected chi connectivity index (χ1v) is 8.55. The number of nitrogens with one attached hydrogen (secondary N) is 2. The Morgan fingerprint density at radius 2 is 1.31 bits per heavy atom. The summed E-state index contributed by atoms with van der Waals surface area (Å²) in [5, 5.41) is 4.91. The predicted octanol–water partition coefficient (Wildman–Crippen LogP) is 4.41. The number of carbonyl (C=O) groups is 3. The number of nitrogens with zero attached hydrogens (tertiary/aromatic N) is 1. The minimum absolute atomic E-state index is 0.113. The van der Waals surface area contributed by atoms with Crippen molar-refractivity contribution in [3.8, 4) is 0 Å². The summed E-state index contributed by atoms with van der Waals surface area (Å²) in [6.45, 7) is 0. The van der Waals surface area contributed by atoms with Gasteiger partial charge in [0.1, 0.15) is 11.6 Å². The Morgan fingerprint density at radius 1 is 0.759 bits per heavy atom. The van der Waals surface area contributed by atoms with E-state index in [2.05, 4.69) is 10.6 Å². The lowest BCUT2D eigenvalue weighted by atomic mass is 10.1. The number of fused-ring (bicyclic) bond motifs is 1. The lowest BCUT2D eigenvalue weighted by Crippen LogP contribution is -2.30. The average molecular weight is 393 g/mol. The maximum Gasteiger partial charge on any atom is 0.323 e. The van der Waals surface area contributed by atoms with Crippen molar-refractivity contribution in [3.05, 3.63) is 89.5 Å². The summed E-state index contributed by atoms with van der Waals surface area (Å²) in [4.78, 5) is 37.7. The van der Waals surface area contributed by atoms with Crippen LogP contribution < -0.4 is 15.5 Å². The van der Waals surface area contributed by atoms with E-state index in [0.29, 0.717) is 5.69 Å². The van der Waals surface area contributed by atoms with E-state index in [0.717, 1.165) is 11.0 Å². The second-order valence-corrected chi connectivity index (χ2v) is 6.24. The van der Waals surface area contributed by atoms with Crippen LogP contribution in [0.5, 0.6) is 0 Å². The molecule has 6 nitrogen and oxygen atoms in total. The Bertz CT molecular complexity index is 1110. The zero-order chi connectivity index (χ0) is 20.5. The number of rotatable bonds is 3. The Balaban J connectivity index is 1.51. The number of hydrogen-bond acceptors (Lipinski definition) is 3. The summed E-state index contributed by atoms with van der Waals surface area (Å²) in [7, 11) is 0. The third kappa shape index (κ3) is 3.43. The van der Waals surface area contributed by atoms with Crippen molar-refractivity contribution in [1.29, 1.82) is 0 Å². The molecular formula is C21H13F2N3O3. The number of halogens is 2. The van der Waals surface area contributed by atoms with E-state index in [1.807, 2.05) is 0 Å². The van der Waals surface area contributed by atoms with Crippen LogP contribution in [-0.4, -0.2) is 17.8 Å². The van der Waals surface area contributed by atoms with Gasteiger partial charge >= 0.3 is 6.03 Å². The molecule has 3 aromatic carbocycles. The number of amides is 4. The Labute approximate surface area is 163 Å². The standard InChI is InChI=1S/C21H13F2N3O3/c22-12-5-7-13(8-6-12)24-21(29)25-14-9-10-18(17(23)11-14)26-19(27)15-3-1-2-4-16(15)20(26)28/h1-11H,(H2,24,25,29). The molecule has 29 heavy (non-hydrogen) atoms. The second-order valence-electron chi connectivity index (χ2n) is 6.24. The molecule has 0 saturated heterocycles. The van der Waals surface area contributed by atoms with E-state index in [4.69, 9.17) is 0 Å². The summed E-state index contributed by atoms with van der Waals surface area (Å²) in [6, 6.07) is 14.3. The van der Waals surface area contributed by atoms with Crippen molar-refractivity contribution in [2.24, 2.45) is 0 Å². The van der Waals surface area contributed by atoms with E-state index in [9.17, 15) is 23.2 Å². The molecule has 0 aromatic heterocycles. The van der Waals surface area contributed by atoms with Gasteiger partial charge in [0.25, 0.3) is 11.8 Å². The molecule has 0 fully saturated rings. The van der Waals surface area contributed by atoms with E-state index in [1.165, 1.54) is 48.5 Å². The molecule has 144 valence electrons. The van der Waals surface area contributed by atoms with Crippen molar-refractivity contribution in [3.63, 3.8) is 0 Å². The zero-order valence-corrected chi connectivity index (χ0v) is 14.8. The van der Waals surface area contributed by atoms with Gasteiger partial charge in [0, 0.05) is 11.4 Å². The Morgan fingerprint density at radius 3 is 1.90 bits per heavy atom. The van der Waals surface area contributed by atoms with Crippen LogP contribution in [0.15, 0.2) is 66.7 Å². The van der Waals surface area contributed by atoms with Crippen LogP contribution in [-0.2, 0) is 0 Å². The highest BCUT2D eigenvalue weighted by Crippen LogP contribution is 2.31. The lowest BCUT2D eigenvalue weighted by molar-refractivity contribution is 0.0924. The summed E-state index contributed by atoms with van der Waals surface area (Å²) >= 11 is 0. The largest absolute Gasteiger partial charge is 0.323 e. The molecule has 2 N–H and O–H groups in total. The van der Waals surface area contributed by atoms with Crippen molar-refractivity contribution in [2.45, 2.75) is 0 Å². The van der Waals surface area contributed by atoms with Crippen molar-refractivity contribution < 1.29 is 23.2 Å². The van der Waals surface area contributed by atoms with E-state index in [-0.39, 0.29) is 22.5 Å². The SMILES string of the molecule is O=C(Nc1ccc(F)cc1)Nc1ccc(N2C(=O)c3ccccc3C2=O)c(F)c1. The Kier molecular flexibility index (Phi) is 4.52. The number of imide groups is 1. The van der Waals surface area contributed by atoms with Crippen LogP contribution in [0, 0.1) is 11.6 Å². The van der Waals surface area contributed by atoms with E-state index < -0.39 is 29.5 Å². The third-order valence-electron chi connectivity index (χ3n) is 4.34. The fourth-order valence-electron chi connectivity index (χ4n) is 3.00. The molecule has 1 heterocycles. The molecule has 0 unspecified atom stereocenters. The molecule has 1 aliphatic heterocycles. The molecule has 0 radical (unpaired) electrons. The molecule has 0 spiro atoms. The van der Waals surface area contributed by atoms with Gasteiger partial charge in [-0.25, -0.2) is 18.5 Å². The summed E-state index contributed by atoms with van der Waals surface area (Å²) in [5.74, 6) is -2.51. The van der Waals surface area contributed by atoms with E-state index >= 15 is 0 Å². The van der Waals surface area contributed by atoms with Crippen LogP contribution in [0.1, 0.15) is 20.7 Å². The minimum Gasteiger partial charge on any atom is -0.308 e. The number of anilines is 3. The van der Waals surface area contributed by atoms with Crippen LogP contribution in [0.3, 0.4) is 0 Å². The predicted molar refractivity (Wildman–Crippen MR) is 103 cm³/mol. The maximum atomic E-state index is 14.6. The molecule has 0 bridgehead atoms. The fraction of sp³-hybridized carbons (Fsp3) is 0. The topological polar surface area (TPSA) is 78.5 Å². The first kappa shape index (κ1) is 18.3. The van der Waals surface area contributed by atoms with Gasteiger partial charge < -0.3 is 10.6 Å². The van der Waals surface area contributed by atoms with Crippen LogP contribution in [0.4, 0.5) is 30.6 Å². The summed E-state index contributed by atoms with van der Waals surface area (Å²) < 4.78 is 27.5. The molecular weight excluding hydrogens is 380 g/mol. The number of carbonyl (C=O) groups excluding carboxylic acids is 3. The van der Waals surface area contributed by atoms with Gasteiger partial charge in [-0.05, 0) is 54.6 Å².